The van der Waals surface area contributed by atoms with Crippen LogP contribution in [0.3, 0.4) is 0 Å². The lowest BCUT2D eigenvalue weighted by Gasteiger charge is -2.26. The van der Waals surface area contributed by atoms with E-state index in [4.69, 9.17) is 9.26 Å². The molecule has 0 radical (unpaired) electrons. The SMILES string of the molecule is CC1COc2ccccc2CN1C(=O)NCc1nc(N(C)C)no1. The van der Waals surface area contributed by atoms with Crippen molar-refractivity contribution in [2.24, 2.45) is 0 Å². The first-order valence-electron chi connectivity index (χ1n) is 7.79. The summed E-state index contributed by atoms with van der Waals surface area (Å²) in [5.41, 5.74) is 0.990. The van der Waals surface area contributed by atoms with Crippen molar-refractivity contribution in [2.45, 2.75) is 26.1 Å². The number of carbonyl (C=O) groups excluding carboxylic acids is 1. The van der Waals surface area contributed by atoms with Crippen molar-refractivity contribution in [2.75, 3.05) is 25.6 Å². The number of para-hydroxylation sites is 1. The van der Waals surface area contributed by atoms with Crippen molar-refractivity contribution in [3.63, 3.8) is 0 Å². The Morgan fingerprint density at radius 3 is 2.96 bits per heavy atom. The molecule has 24 heavy (non-hydrogen) atoms. The molecule has 1 aliphatic heterocycles. The van der Waals surface area contributed by atoms with E-state index in [9.17, 15) is 4.79 Å². The van der Waals surface area contributed by atoms with Crippen LogP contribution in [0.5, 0.6) is 5.75 Å². The number of nitrogens with zero attached hydrogens (tertiary/aromatic N) is 4. The van der Waals surface area contributed by atoms with Crippen LogP contribution in [0.15, 0.2) is 28.8 Å². The first-order chi connectivity index (χ1) is 11.5. The predicted molar refractivity (Wildman–Crippen MR) is 87.8 cm³/mol. The van der Waals surface area contributed by atoms with Gasteiger partial charge in [0.15, 0.2) is 0 Å². The molecule has 1 atom stereocenters. The molecule has 2 amide bonds. The molecule has 0 saturated heterocycles. The summed E-state index contributed by atoms with van der Waals surface area (Å²) in [5, 5.41) is 6.65. The maximum atomic E-state index is 12.5. The largest absolute Gasteiger partial charge is 0.491 e. The summed E-state index contributed by atoms with van der Waals surface area (Å²) in [5.74, 6) is 1.67. The number of rotatable bonds is 3. The normalized spacial score (nSPS) is 16.8. The van der Waals surface area contributed by atoms with Gasteiger partial charge in [0.1, 0.15) is 12.4 Å². The average Bonchev–Trinajstić information content (AvgIpc) is 2.98. The minimum atomic E-state index is -0.188. The monoisotopic (exact) mass is 331 g/mol. The Balaban J connectivity index is 1.65. The van der Waals surface area contributed by atoms with E-state index >= 15 is 0 Å². The number of aromatic nitrogens is 2. The summed E-state index contributed by atoms with van der Waals surface area (Å²) >= 11 is 0. The molecular weight excluding hydrogens is 310 g/mol. The highest BCUT2D eigenvalue weighted by Gasteiger charge is 2.25. The standard InChI is InChI=1S/C16H21N5O3/c1-11-10-23-13-7-5-4-6-12(13)9-21(11)16(22)17-8-14-18-15(19-24-14)20(2)3/h4-7,11H,8-10H2,1-3H3,(H,17,22). The molecule has 2 aromatic rings. The molecule has 3 rings (SSSR count). The molecule has 8 nitrogen and oxygen atoms in total. The number of amides is 2. The molecule has 1 unspecified atom stereocenters. The molecule has 2 heterocycles. The van der Waals surface area contributed by atoms with Crippen LogP contribution in [0.25, 0.3) is 0 Å². The lowest BCUT2D eigenvalue weighted by molar-refractivity contribution is 0.155. The van der Waals surface area contributed by atoms with Gasteiger partial charge in [0.05, 0.1) is 19.1 Å². The molecule has 0 fully saturated rings. The van der Waals surface area contributed by atoms with Crippen molar-refractivity contribution >= 4 is 12.0 Å². The van der Waals surface area contributed by atoms with E-state index in [1.807, 2.05) is 45.3 Å². The maximum Gasteiger partial charge on any atom is 0.318 e. The van der Waals surface area contributed by atoms with Gasteiger partial charge in [-0.2, -0.15) is 4.98 Å². The van der Waals surface area contributed by atoms with Gasteiger partial charge in [0, 0.05) is 19.7 Å². The lowest BCUT2D eigenvalue weighted by Crippen LogP contribution is -2.45. The summed E-state index contributed by atoms with van der Waals surface area (Å²) < 4.78 is 10.9. The lowest BCUT2D eigenvalue weighted by atomic mass is 10.2. The fourth-order valence-corrected chi connectivity index (χ4v) is 2.44. The van der Waals surface area contributed by atoms with Gasteiger partial charge in [-0.3, -0.25) is 0 Å². The summed E-state index contributed by atoms with van der Waals surface area (Å²) in [6.45, 7) is 3.10. The van der Waals surface area contributed by atoms with E-state index in [-0.39, 0.29) is 18.6 Å². The quantitative estimate of drug-likeness (QED) is 0.920. The first-order valence-corrected chi connectivity index (χ1v) is 7.79. The third-order valence-corrected chi connectivity index (χ3v) is 3.83. The Morgan fingerprint density at radius 1 is 1.42 bits per heavy atom. The van der Waals surface area contributed by atoms with Gasteiger partial charge in [-0.1, -0.05) is 18.2 Å². The van der Waals surface area contributed by atoms with E-state index in [0.717, 1.165) is 11.3 Å². The summed E-state index contributed by atoms with van der Waals surface area (Å²) in [4.78, 5) is 20.2. The van der Waals surface area contributed by atoms with Crippen LogP contribution >= 0.6 is 0 Å². The minimum Gasteiger partial charge on any atom is -0.491 e. The Bertz CT molecular complexity index is 715. The van der Waals surface area contributed by atoms with Crippen molar-refractivity contribution < 1.29 is 14.1 Å². The Hall–Kier alpha value is -2.77. The fraction of sp³-hybridized carbons (Fsp3) is 0.438. The third-order valence-electron chi connectivity index (χ3n) is 3.83. The highest BCUT2D eigenvalue weighted by Crippen LogP contribution is 2.24. The van der Waals surface area contributed by atoms with Crippen molar-refractivity contribution in [1.82, 2.24) is 20.4 Å². The van der Waals surface area contributed by atoms with E-state index in [1.54, 1.807) is 9.80 Å². The second-order valence-corrected chi connectivity index (χ2v) is 5.94. The van der Waals surface area contributed by atoms with E-state index in [0.29, 0.717) is 25.0 Å². The first kappa shape index (κ1) is 16.1. The molecule has 0 aliphatic carbocycles. The number of ether oxygens (including phenoxy) is 1. The Labute approximate surface area is 140 Å². The van der Waals surface area contributed by atoms with Gasteiger partial charge in [-0.25, -0.2) is 4.79 Å². The van der Waals surface area contributed by atoms with Crippen molar-refractivity contribution in [3.05, 3.63) is 35.7 Å². The maximum absolute atomic E-state index is 12.5. The molecule has 128 valence electrons. The molecule has 1 aliphatic rings. The third kappa shape index (κ3) is 3.42. The zero-order valence-electron chi connectivity index (χ0n) is 14.0. The van der Waals surface area contributed by atoms with Gasteiger partial charge in [-0.15, -0.1) is 0 Å². The van der Waals surface area contributed by atoms with Gasteiger partial charge in [0.25, 0.3) is 5.95 Å². The molecule has 8 heteroatoms. The van der Waals surface area contributed by atoms with Crippen LogP contribution in [-0.2, 0) is 13.1 Å². The molecule has 1 N–H and O–H groups in total. The second-order valence-electron chi connectivity index (χ2n) is 5.94. The molecule has 1 aromatic carbocycles. The summed E-state index contributed by atoms with van der Waals surface area (Å²) in [6, 6.07) is 7.52. The number of hydrogen-bond donors (Lipinski definition) is 1. The number of carbonyl (C=O) groups is 1. The summed E-state index contributed by atoms with van der Waals surface area (Å²) in [6.07, 6.45) is 0. The van der Waals surface area contributed by atoms with Gasteiger partial charge in [0.2, 0.25) is 5.89 Å². The van der Waals surface area contributed by atoms with E-state index < -0.39 is 0 Å². The number of nitrogens with one attached hydrogen (secondary N) is 1. The van der Waals surface area contributed by atoms with Crippen molar-refractivity contribution in [3.8, 4) is 5.75 Å². The molecule has 0 bridgehead atoms. The molecule has 0 saturated carbocycles. The highest BCUT2D eigenvalue weighted by molar-refractivity contribution is 5.74. The van der Waals surface area contributed by atoms with Crippen LogP contribution in [0, 0.1) is 0 Å². The number of anilines is 1. The van der Waals surface area contributed by atoms with Crippen LogP contribution in [0.1, 0.15) is 18.4 Å². The van der Waals surface area contributed by atoms with E-state index in [2.05, 4.69) is 15.5 Å². The second kappa shape index (κ2) is 6.77. The topological polar surface area (TPSA) is 83.7 Å². The van der Waals surface area contributed by atoms with E-state index in [1.165, 1.54) is 0 Å². The zero-order chi connectivity index (χ0) is 17.1. The molecule has 0 spiro atoms. The van der Waals surface area contributed by atoms with Crippen LogP contribution in [0.4, 0.5) is 10.7 Å². The summed E-state index contributed by atoms with van der Waals surface area (Å²) in [7, 11) is 3.65. The highest BCUT2D eigenvalue weighted by atomic mass is 16.5. The smallest absolute Gasteiger partial charge is 0.318 e. The minimum absolute atomic E-state index is 0.0441. The van der Waals surface area contributed by atoms with Crippen molar-refractivity contribution in [1.29, 1.82) is 0 Å². The number of fused-ring (bicyclic) bond motifs is 1. The van der Waals surface area contributed by atoms with Gasteiger partial charge < -0.3 is 24.4 Å². The fourth-order valence-electron chi connectivity index (χ4n) is 2.44. The average molecular weight is 331 g/mol. The van der Waals surface area contributed by atoms with Crippen LogP contribution in [0.2, 0.25) is 0 Å². The number of urea groups is 1. The van der Waals surface area contributed by atoms with Gasteiger partial charge in [-0.05, 0) is 18.1 Å². The molecule has 1 aromatic heterocycles. The Kier molecular flexibility index (Phi) is 4.54. The van der Waals surface area contributed by atoms with Crippen LogP contribution < -0.4 is 15.0 Å². The zero-order valence-corrected chi connectivity index (χ0v) is 14.0. The molecular formula is C16H21N5O3. The van der Waals surface area contributed by atoms with Crippen LogP contribution in [-0.4, -0.2) is 47.8 Å². The van der Waals surface area contributed by atoms with Gasteiger partial charge >= 0.3 is 6.03 Å². The predicted octanol–water partition coefficient (Wildman–Crippen LogP) is 1.63. The Morgan fingerprint density at radius 2 is 2.21 bits per heavy atom. The number of hydrogen-bond acceptors (Lipinski definition) is 6. The number of benzene rings is 1.